The second-order valence-corrected chi connectivity index (χ2v) is 8.43. The molecule has 0 bridgehead atoms. The normalized spacial score (nSPS) is 13.1. The van der Waals surface area contributed by atoms with E-state index in [9.17, 15) is 19.8 Å². The van der Waals surface area contributed by atoms with Crippen LogP contribution in [-0.2, 0) is 17.6 Å². The number of nitrogens with one attached hydrogen (secondary N) is 3. The van der Waals surface area contributed by atoms with Gasteiger partial charge in [-0.05, 0) is 81.0 Å². The fraction of sp³-hybridized carbons (Fsp3) is 0.231. The molecule has 1 aromatic heterocycles. The van der Waals surface area contributed by atoms with E-state index in [1.165, 1.54) is 43.5 Å². The Labute approximate surface area is 202 Å². The third kappa shape index (κ3) is 5.08. The van der Waals surface area contributed by atoms with Crippen LogP contribution in [0.5, 0.6) is 5.75 Å². The van der Waals surface area contributed by atoms with E-state index in [0.717, 1.165) is 19.3 Å². The number of carboxylic acid groups (broad SMARTS) is 1. The number of fused-ring (bicyclic) bond motifs is 1. The summed E-state index contributed by atoms with van der Waals surface area (Å²) in [5, 5.41) is 34.8. The van der Waals surface area contributed by atoms with Crippen LogP contribution >= 0.6 is 0 Å². The molecule has 5 N–H and O–H groups in total. The minimum absolute atomic E-state index is 0.00338. The summed E-state index contributed by atoms with van der Waals surface area (Å²) in [6.07, 6.45) is 4.31. The second kappa shape index (κ2) is 9.84. The van der Waals surface area contributed by atoms with Gasteiger partial charge in [0.15, 0.2) is 11.5 Å². The number of phenols is 1. The van der Waals surface area contributed by atoms with Gasteiger partial charge >= 0.3 is 5.97 Å². The molecule has 0 unspecified atom stereocenters. The van der Waals surface area contributed by atoms with Gasteiger partial charge in [0.2, 0.25) is 0 Å². The van der Waals surface area contributed by atoms with Crippen LogP contribution in [0.25, 0.3) is 11.3 Å². The predicted octanol–water partition coefficient (Wildman–Crippen LogP) is 4.98. The number of benzene rings is 2. The highest BCUT2D eigenvalue weighted by Gasteiger charge is 2.20. The van der Waals surface area contributed by atoms with Crippen molar-refractivity contribution in [3.8, 4) is 17.1 Å². The maximum atomic E-state index is 12.9. The molecule has 9 heteroatoms. The number of hydrogen-bond acceptors (Lipinski definition) is 7. The summed E-state index contributed by atoms with van der Waals surface area (Å²) in [7, 11) is 0. The first-order valence-electron chi connectivity index (χ1n) is 11.2. The molecule has 0 saturated heterocycles. The number of hydrogen-bond donors (Lipinski definition) is 5. The number of amides is 1. The van der Waals surface area contributed by atoms with Gasteiger partial charge in [-0.1, -0.05) is 12.1 Å². The van der Waals surface area contributed by atoms with Gasteiger partial charge in [0.1, 0.15) is 17.1 Å². The molecule has 1 aliphatic carbocycles. The van der Waals surface area contributed by atoms with Crippen LogP contribution < -0.4 is 10.7 Å². The molecular weight excluding hydrogens is 448 g/mol. The third-order valence-electron chi connectivity index (χ3n) is 5.91. The minimum atomic E-state index is -1.13. The molecule has 0 radical (unpaired) electrons. The monoisotopic (exact) mass is 474 g/mol. The van der Waals surface area contributed by atoms with E-state index in [1.807, 2.05) is 18.2 Å². The van der Waals surface area contributed by atoms with Gasteiger partial charge in [-0.25, -0.2) is 4.79 Å². The van der Waals surface area contributed by atoms with Crippen molar-refractivity contribution >= 4 is 34.7 Å². The van der Waals surface area contributed by atoms with Crippen molar-refractivity contribution in [3.63, 3.8) is 0 Å². The number of nitrogens with zero attached hydrogens (tertiary/aromatic N) is 1. The van der Waals surface area contributed by atoms with E-state index >= 15 is 0 Å². The minimum Gasteiger partial charge on any atom is -0.505 e. The van der Waals surface area contributed by atoms with Gasteiger partial charge in [0, 0.05) is 5.69 Å². The van der Waals surface area contributed by atoms with E-state index in [1.54, 1.807) is 12.1 Å². The number of carboxylic acids is 1. The molecule has 4 rings (SSSR count). The highest BCUT2D eigenvalue weighted by molar-refractivity contribution is 6.67. The SMILES string of the molecule is CC(=N)/C(=N/Nc1cccc(-c2cc(C(=O)O)c(C)o2)c1O)C(=O)Nc1ccc2c(c1)CCCC2. The molecule has 1 aliphatic rings. The van der Waals surface area contributed by atoms with Crippen LogP contribution in [0.15, 0.2) is 52.0 Å². The summed E-state index contributed by atoms with van der Waals surface area (Å²) in [5.41, 5.74) is 6.01. The fourth-order valence-electron chi connectivity index (χ4n) is 4.08. The number of para-hydroxylation sites is 1. The Bertz CT molecular complexity index is 1360. The molecule has 0 atom stereocenters. The number of aromatic carboxylic acids is 1. The summed E-state index contributed by atoms with van der Waals surface area (Å²) >= 11 is 0. The molecule has 1 amide bonds. The number of rotatable bonds is 7. The molecule has 3 aromatic rings. The van der Waals surface area contributed by atoms with Gasteiger partial charge < -0.3 is 25.4 Å². The molecule has 35 heavy (non-hydrogen) atoms. The molecule has 180 valence electrons. The Morgan fingerprint density at radius 1 is 1.09 bits per heavy atom. The Morgan fingerprint density at radius 3 is 2.51 bits per heavy atom. The Balaban J connectivity index is 1.55. The molecule has 0 fully saturated rings. The number of carbonyl (C=O) groups is 2. The van der Waals surface area contributed by atoms with Crippen LogP contribution in [0.1, 0.15) is 47.0 Å². The summed E-state index contributed by atoms with van der Waals surface area (Å²) in [6.45, 7) is 2.97. The maximum Gasteiger partial charge on any atom is 0.339 e. The predicted molar refractivity (Wildman–Crippen MR) is 134 cm³/mol. The molecule has 2 aromatic carbocycles. The largest absolute Gasteiger partial charge is 0.505 e. The molecule has 1 heterocycles. The summed E-state index contributed by atoms with van der Waals surface area (Å²) in [6, 6.07) is 11.9. The lowest BCUT2D eigenvalue weighted by atomic mass is 9.91. The summed E-state index contributed by atoms with van der Waals surface area (Å²) in [5.74, 6) is -1.53. The lowest BCUT2D eigenvalue weighted by molar-refractivity contribution is -0.110. The van der Waals surface area contributed by atoms with Crippen molar-refractivity contribution in [2.75, 3.05) is 10.7 Å². The first-order valence-corrected chi connectivity index (χ1v) is 11.2. The van der Waals surface area contributed by atoms with Crippen molar-refractivity contribution in [3.05, 3.63) is 64.9 Å². The first-order chi connectivity index (χ1) is 16.7. The van der Waals surface area contributed by atoms with Crippen molar-refractivity contribution < 1.29 is 24.2 Å². The number of phenolic OH excluding ortho intramolecular Hbond substituents is 1. The van der Waals surface area contributed by atoms with Crippen molar-refractivity contribution in [2.24, 2.45) is 5.10 Å². The highest BCUT2D eigenvalue weighted by atomic mass is 16.4. The lowest BCUT2D eigenvalue weighted by Gasteiger charge is -2.17. The Kier molecular flexibility index (Phi) is 6.68. The number of aromatic hydroxyl groups is 1. The number of anilines is 2. The zero-order chi connectivity index (χ0) is 25.1. The molecule has 0 saturated carbocycles. The van der Waals surface area contributed by atoms with E-state index in [4.69, 9.17) is 9.83 Å². The topological polar surface area (TPSA) is 148 Å². The van der Waals surface area contributed by atoms with E-state index < -0.39 is 11.9 Å². The standard InChI is InChI=1S/C26H26N4O5/c1-14(27)23(25(32)28-18-11-10-16-6-3-4-7-17(16)12-18)30-29-21-9-5-8-19(24(21)31)22-13-20(26(33)34)15(2)35-22/h5,8-13,27,29,31H,3-4,6-7H2,1-2H3,(H,28,32)(H,33,34)/b27-14?,30-23-. The van der Waals surface area contributed by atoms with E-state index in [2.05, 4.69) is 15.8 Å². The molecule has 0 aliphatic heterocycles. The average Bonchev–Trinajstić information content (AvgIpc) is 3.21. The van der Waals surface area contributed by atoms with Crippen molar-refractivity contribution in [1.82, 2.24) is 0 Å². The number of furan rings is 1. The van der Waals surface area contributed by atoms with Gasteiger partial charge in [-0.3, -0.25) is 10.2 Å². The Hall–Kier alpha value is -4.40. The Morgan fingerprint density at radius 2 is 1.83 bits per heavy atom. The highest BCUT2D eigenvalue weighted by Crippen LogP contribution is 2.37. The summed E-state index contributed by atoms with van der Waals surface area (Å²) < 4.78 is 5.50. The zero-order valence-electron chi connectivity index (χ0n) is 19.4. The molecule has 9 nitrogen and oxygen atoms in total. The average molecular weight is 475 g/mol. The van der Waals surface area contributed by atoms with Crippen LogP contribution in [-0.4, -0.2) is 33.5 Å². The van der Waals surface area contributed by atoms with Crippen molar-refractivity contribution in [2.45, 2.75) is 39.5 Å². The van der Waals surface area contributed by atoms with Gasteiger partial charge in [-0.2, -0.15) is 5.10 Å². The smallest absolute Gasteiger partial charge is 0.339 e. The van der Waals surface area contributed by atoms with Crippen LogP contribution in [0, 0.1) is 12.3 Å². The van der Waals surface area contributed by atoms with Crippen LogP contribution in [0.4, 0.5) is 11.4 Å². The lowest BCUT2D eigenvalue weighted by Crippen LogP contribution is -2.29. The zero-order valence-corrected chi connectivity index (χ0v) is 19.4. The molecule has 0 spiro atoms. The van der Waals surface area contributed by atoms with Crippen molar-refractivity contribution in [1.29, 1.82) is 5.41 Å². The van der Waals surface area contributed by atoms with E-state index in [-0.39, 0.29) is 45.5 Å². The maximum absolute atomic E-state index is 12.9. The number of hydrazone groups is 1. The van der Waals surface area contributed by atoms with Gasteiger partial charge in [0.05, 0.1) is 17.0 Å². The third-order valence-corrected chi connectivity index (χ3v) is 5.91. The number of aryl methyl sites for hydroxylation is 3. The number of carbonyl (C=O) groups excluding carboxylic acids is 1. The molecular formula is C26H26N4O5. The van der Waals surface area contributed by atoms with Gasteiger partial charge in [-0.15, -0.1) is 0 Å². The summed E-state index contributed by atoms with van der Waals surface area (Å²) in [4.78, 5) is 24.2. The first kappa shape index (κ1) is 23.7. The van der Waals surface area contributed by atoms with E-state index in [0.29, 0.717) is 5.69 Å². The fourth-order valence-corrected chi connectivity index (χ4v) is 4.08. The van der Waals surface area contributed by atoms with Crippen LogP contribution in [0.3, 0.4) is 0 Å². The van der Waals surface area contributed by atoms with Gasteiger partial charge in [0.25, 0.3) is 5.91 Å². The second-order valence-electron chi connectivity index (χ2n) is 8.43. The quantitative estimate of drug-likeness (QED) is 0.185. The van der Waals surface area contributed by atoms with Crippen LogP contribution in [0.2, 0.25) is 0 Å².